The second-order valence-electron chi connectivity index (χ2n) is 5.29. The normalized spacial score (nSPS) is 19.6. The summed E-state index contributed by atoms with van der Waals surface area (Å²) in [6, 6.07) is 0.584. The van der Waals surface area contributed by atoms with Gasteiger partial charge in [0.15, 0.2) is 0 Å². The van der Waals surface area contributed by atoms with E-state index in [1.165, 1.54) is 32.1 Å². The molecule has 0 bridgehead atoms. The molecule has 1 aliphatic rings. The molecule has 1 N–H and O–H groups in total. The molecule has 0 saturated heterocycles. The minimum atomic E-state index is 0.383. The van der Waals surface area contributed by atoms with Gasteiger partial charge in [-0.2, -0.15) is 0 Å². The van der Waals surface area contributed by atoms with E-state index in [2.05, 4.69) is 43.0 Å². The monoisotopic (exact) mass is 250 g/mol. The van der Waals surface area contributed by atoms with Crippen LogP contribution >= 0.6 is 0 Å². The van der Waals surface area contributed by atoms with E-state index in [9.17, 15) is 0 Å². The number of nitrogens with one attached hydrogen (secondary N) is 1. The van der Waals surface area contributed by atoms with E-state index in [0.717, 1.165) is 19.5 Å². The first-order chi connectivity index (χ1) is 8.75. The highest BCUT2D eigenvalue weighted by Crippen LogP contribution is 2.39. The van der Waals surface area contributed by atoms with Crippen molar-refractivity contribution in [3.63, 3.8) is 0 Å². The zero-order valence-corrected chi connectivity index (χ0v) is 12.7. The molecule has 1 fully saturated rings. The Morgan fingerprint density at radius 1 is 1.22 bits per heavy atom. The van der Waals surface area contributed by atoms with Gasteiger partial charge in [-0.05, 0) is 46.3 Å². The molecule has 0 spiro atoms. The molecule has 0 amide bonds. The third-order valence-electron chi connectivity index (χ3n) is 4.59. The van der Waals surface area contributed by atoms with Crippen LogP contribution in [0.5, 0.6) is 0 Å². The summed E-state index contributed by atoms with van der Waals surface area (Å²) in [5, 5.41) is 3.58. The number of rotatable bonds is 7. The summed E-state index contributed by atoms with van der Waals surface area (Å²) < 4.78 is 0. The van der Waals surface area contributed by atoms with E-state index in [4.69, 9.17) is 0 Å². The predicted octanol–water partition coefficient (Wildman–Crippen LogP) is 3.03. The fourth-order valence-electron chi connectivity index (χ4n) is 3.75. The van der Waals surface area contributed by atoms with Crippen molar-refractivity contribution >= 4 is 0 Å². The second-order valence-corrected chi connectivity index (χ2v) is 5.29. The first-order valence-corrected chi connectivity index (χ1v) is 7.57. The summed E-state index contributed by atoms with van der Waals surface area (Å²) in [6.45, 7) is 8.84. The molecule has 0 aromatic heterocycles. The van der Waals surface area contributed by atoms with Crippen LogP contribution in [-0.2, 0) is 0 Å². The molecule has 1 unspecified atom stereocenters. The largest absolute Gasteiger partial charge is 0.315 e. The SMILES string of the molecule is CC#CCCC(NC)C1(N(CC)CC)CCCC1. The van der Waals surface area contributed by atoms with Crippen molar-refractivity contribution in [3.8, 4) is 11.8 Å². The lowest BCUT2D eigenvalue weighted by Crippen LogP contribution is -2.59. The van der Waals surface area contributed by atoms with Gasteiger partial charge in [-0.25, -0.2) is 0 Å². The van der Waals surface area contributed by atoms with Gasteiger partial charge in [-0.1, -0.05) is 26.7 Å². The van der Waals surface area contributed by atoms with E-state index in [1.807, 2.05) is 6.92 Å². The molecule has 18 heavy (non-hydrogen) atoms. The van der Waals surface area contributed by atoms with Crippen LogP contribution in [0.15, 0.2) is 0 Å². The zero-order valence-electron chi connectivity index (χ0n) is 12.7. The van der Waals surface area contributed by atoms with Gasteiger partial charge in [0.2, 0.25) is 0 Å². The number of hydrogen-bond acceptors (Lipinski definition) is 2. The highest BCUT2D eigenvalue weighted by Gasteiger charge is 2.43. The Hall–Kier alpha value is -0.520. The molecule has 0 aromatic rings. The first-order valence-electron chi connectivity index (χ1n) is 7.57. The summed E-state index contributed by atoms with van der Waals surface area (Å²) in [5.41, 5.74) is 0.383. The molecule has 1 atom stereocenters. The van der Waals surface area contributed by atoms with Gasteiger partial charge in [-0.15, -0.1) is 11.8 Å². The quantitative estimate of drug-likeness (QED) is 0.699. The van der Waals surface area contributed by atoms with Gasteiger partial charge in [0.05, 0.1) is 0 Å². The van der Waals surface area contributed by atoms with Crippen LogP contribution in [0.2, 0.25) is 0 Å². The lowest BCUT2D eigenvalue weighted by Gasteiger charge is -2.46. The Bertz CT molecular complexity index is 277. The van der Waals surface area contributed by atoms with E-state index in [0.29, 0.717) is 11.6 Å². The maximum atomic E-state index is 3.58. The molecule has 1 saturated carbocycles. The molecule has 2 nitrogen and oxygen atoms in total. The fourth-order valence-corrected chi connectivity index (χ4v) is 3.75. The van der Waals surface area contributed by atoms with E-state index in [1.54, 1.807) is 0 Å². The molecule has 0 heterocycles. The smallest absolute Gasteiger partial charge is 0.0362 e. The van der Waals surface area contributed by atoms with Crippen LogP contribution in [0.3, 0.4) is 0 Å². The third-order valence-corrected chi connectivity index (χ3v) is 4.59. The Kier molecular flexibility index (Phi) is 6.75. The van der Waals surface area contributed by atoms with Gasteiger partial charge in [0.1, 0.15) is 0 Å². The van der Waals surface area contributed by atoms with Crippen molar-refractivity contribution in [1.29, 1.82) is 0 Å². The van der Waals surface area contributed by atoms with Crippen molar-refractivity contribution in [1.82, 2.24) is 10.2 Å². The van der Waals surface area contributed by atoms with Gasteiger partial charge in [-0.3, -0.25) is 4.90 Å². The van der Waals surface area contributed by atoms with Crippen molar-refractivity contribution in [2.45, 2.75) is 70.9 Å². The topological polar surface area (TPSA) is 15.3 Å². The Labute approximate surface area is 114 Å². The molecule has 0 aromatic carbocycles. The summed E-state index contributed by atoms with van der Waals surface area (Å²) in [5.74, 6) is 6.24. The minimum absolute atomic E-state index is 0.383. The Morgan fingerprint density at radius 2 is 1.83 bits per heavy atom. The van der Waals surface area contributed by atoms with Gasteiger partial charge < -0.3 is 5.32 Å². The van der Waals surface area contributed by atoms with Crippen molar-refractivity contribution < 1.29 is 0 Å². The van der Waals surface area contributed by atoms with E-state index < -0.39 is 0 Å². The molecule has 0 aliphatic heterocycles. The second kappa shape index (κ2) is 7.81. The van der Waals surface area contributed by atoms with Crippen molar-refractivity contribution in [3.05, 3.63) is 0 Å². The average Bonchev–Trinajstić information content (AvgIpc) is 2.86. The van der Waals surface area contributed by atoms with Gasteiger partial charge in [0.25, 0.3) is 0 Å². The first kappa shape index (κ1) is 15.5. The fraction of sp³-hybridized carbons (Fsp3) is 0.875. The van der Waals surface area contributed by atoms with E-state index >= 15 is 0 Å². The van der Waals surface area contributed by atoms with Crippen LogP contribution in [0.25, 0.3) is 0 Å². The van der Waals surface area contributed by atoms with Gasteiger partial charge in [0, 0.05) is 18.0 Å². The summed E-state index contributed by atoms with van der Waals surface area (Å²) >= 11 is 0. The standard InChI is InChI=1S/C16H30N2/c1-5-8-9-12-15(17-4)16(13-10-11-14-16)18(6-2)7-3/h15,17H,6-7,9-14H2,1-4H3. The van der Waals surface area contributed by atoms with Crippen molar-refractivity contribution in [2.75, 3.05) is 20.1 Å². The lowest BCUT2D eigenvalue weighted by atomic mass is 9.83. The molecular weight excluding hydrogens is 220 g/mol. The van der Waals surface area contributed by atoms with Crippen LogP contribution in [0, 0.1) is 11.8 Å². The minimum Gasteiger partial charge on any atom is -0.315 e. The average molecular weight is 250 g/mol. The van der Waals surface area contributed by atoms with E-state index in [-0.39, 0.29) is 0 Å². The Balaban J connectivity index is 2.81. The predicted molar refractivity (Wildman–Crippen MR) is 79.7 cm³/mol. The number of likely N-dealkylation sites (N-methyl/N-ethyl adjacent to an activating group) is 2. The molecule has 104 valence electrons. The molecule has 1 aliphatic carbocycles. The maximum absolute atomic E-state index is 3.58. The summed E-state index contributed by atoms with van der Waals surface area (Å²) in [6.07, 6.45) is 7.65. The summed E-state index contributed by atoms with van der Waals surface area (Å²) in [4.78, 5) is 2.68. The van der Waals surface area contributed by atoms with Crippen LogP contribution in [-0.4, -0.2) is 36.6 Å². The highest BCUT2D eigenvalue weighted by molar-refractivity contribution is 5.05. The molecule has 2 heteroatoms. The molecule has 1 rings (SSSR count). The molecule has 0 radical (unpaired) electrons. The number of hydrogen-bond donors (Lipinski definition) is 1. The summed E-state index contributed by atoms with van der Waals surface area (Å²) in [7, 11) is 2.12. The maximum Gasteiger partial charge on any atom is 0.0362 e. The highest BCUT2D eigenvalue weighted by atomic mass is 15.2. The van der Waals surface area contributed by atoms with Crippen LogP contribution < -0.4 is 5.32 Å². The Morgan fingerprint density at radius 3 is 2.28 bits per heavy atom. The van der Waals surface area contributed by atoms with Crippen LogP contribution in [0.1, 0.15) is 59.3 Å². The van der Waals surface area contributed by atoms with Crippen molar-refractivity contribution in [2.24, 2.45) is 0 Å². The molecular formula is C16H30N2. The van der Waals surface area contributed by atoms with Gasteiger partial charge >= 0.3 is 0 Å². The zero-order chi connectivity index (χ0) is 13.4. The van der Waals surface area contributed by atoms with Crippen LogP contribution in [0.4, 0.5) is 0 Å². The number of nitrogens with zero attached hydrogens (tertiary/aromatic N) is 1. The lowest BCUT2D eigenvalue weighted by molar-refractivity contribution is 0.0631. The third kappa shape index (κ3) is 3.28.